The van der Waals surface area contributed by atoms with Gasteiger partial charge in [-0.3, -0.25) is 0 Å². The lowest BCUT2D eigenvalue weighted by Crippen LogP contribution is -2.48. The summed E-state index contributed by atoms with van der Waals surface area (Å²) in [5.41, 5.74) is 4.97. The molecule has 0 spiro atoms. The van der Waals surface area contributed by atoms with Crippen LogP contribution in [0, 0.1) is 29.1 Å². The molecule has 2 fully saturated rings. The highest BCUT2D eigenvalue weighted by Crippen LogP contribution is 2.62. The molecule has 4 rings (SSSR count). The molecule has 0 amide bonds. The Hall–Kier alpha value is -0.870. The first-order valence-electron chi connectivity index (χ1n) is 10.4. The summed E-state index contributed by atoms with van der Waals surface area (Å²) in [7, 11) is 5.28. The molecular weight excluding hydrogens is 326 g/mol. The van der Waals surface area contributed by atoms with Crippen molar-refractivity contribution in [3.05, 3.63) is 11.1 Å². The van der Waals surface area contributed by atoms with Crippen LogP contribution in [-0.2, 0) is 14.3 Å². The average Bonchev–Trinajstić information content (AvgIpc) is 2.98. The lowest BCUT2D eigenvalue weighted by Gasteiger charge is -2.54. The summed E-state index contributed by atoms with van der Waals surface area (Å²) in [6, 6.07) is 0. The number of hydrogen-bond acceptors (Lipinski definition) is 4. The van der Waals surface area contributed by atoms with Crippen LogP contribution in [0.2, 0.25) is 0 Å². The molecule has 26 heavy (non-hydrogen) atoms. The van der Waals surface area contributed by atoms with Crippen molar-refractivity contribution in [3.8, 4) is 0 Å². The number of ether oxygens (including phenoxy) is 2. The van der Waals surface area contributed by atoms with Crippen molar-refractivity contribution in [3.63, 3.8) is 0 Å². The molecule has 0 heterocycles. The van der Waals surface area contributed by atoms with Crippen molar-refractivity contribution < 1.29 is 14.3 Å². The minimum absolute atomic E-state index is 0.251. The Morgan fingerprint density at radius 1 is 1.04 bits per heavy atom. The van der Waals surface area contributed by atoms with E-state index in [1.165, 1.54) is 31.4 Å². The Labute approximate surface area is 158 Å². The molecule has 0 N–H and O–H groups in total. The van der Waals surface area contributed by atoms with Crippen molar-refractivity contribution >= 4 is 5.71 Å². The van der Waals surface area contributed by atoms with Gasteiger partial charge in [0.25, 0.3) is 0 Å². The van der Waals surface area contributed by atoms with Crippen molar-refractivity contribution in [1.82, 2.24) is 0 Å². The molecule has 0 aromatic rings. The Bertz CT molecular complexity index is 621. The number of oxime groups is 1. The van der Waals surface area contributed by atoms with Gasteiger partial charge in [-0.1, -0.05) is 30.1 Å². The van der Waals surface area contributed by atoms with E-state index in [0.717, 1.165) is 49.4 Å². The van der Waals surface area contributed by atoms with Crippen LogP contribution < -0.4 is 0 Å². The van der Waals surface area contributed by atoms with Gasteiger partial charge in [-0.25, -0.2) is 0 Å². The van der Waals surface area contributed by atoms with E-state index in [1.807, 2.05) is 0 Å². The van der Waals surface area contributed by atoms with Crippen LogP contribution in [0.4, 0.5) is 0 Å². The standard InChI is InChI=1S/C22H35NO3/c1-14-12-15-13-22(24-3,25-4)11-9-16(15)17-8-10-21(2)18(20(14)17)6-7-19(21)23-26-5/h14,17-18,20H,6-13H2,1-5H3/b23-19+/t14-,17-,18+,20-,21+/m1/s1. The van der Waals surface area contributed by atoms with E-state index < -0.39 is 0 Å². The van der Waals surface area contributed by atoms with Gasteiger partial charge in [0.2, 0.25) is 0 Å². The summed E-state index contributed by atoms with van der Waals surface area (Å²) in [6.45, 7) is 4.94. The predicted molar refractivity (Wildman–Crippen MR) is 103 cm³/mol. The Kier molecular flexibility index (Phi) is 4.71. The van der Waals surface area contributed by atoms with E-state index in [-0.39, 0.29) is 11.2 Å². The monoisotopic (exact) mass is 361 g/mol. The van der Waals surface area contributed by atoms with Gasteiger partial charge in [0.15, 0.2) is 5.79 Å². The largest absolute Gasteiger partial charge is 0.399 e. The summed E-state index contributed by atoms with van der Waals surface area (Å²) in [5.74, 6) is 2.67. The van der Waals surface area contributed by atoms with Crippen LogP contribution >= 0.6 is 0 Å². The van der Waals surface area contributed by atoms with Gasteiger partial charge >= 0.3 is 0 Å². The van der Waals surface area contributed by atoms with Crippen LogP contribution in [0.15, 0.2) is 16.3 Å². The Balaban J connectivity index is 1.64. The molecule has 146 valence electrons. The van der Waals surface area contributed by atoms with Crippen LogP contribution in [0.25, 0.3) is 0 Å². The van der Waals surface area contributed by atoms with E-state index in [2.05, 4.69) is 19.0 Å². The van der Waals surface area contributed by atoms with Gasteiger partial charge in [-0.15, -0.1) is 0 Å². The zero-order valence-corrected chi connectivity index (χ0v) is 17.1. The predicted octanol–water partition coefficient (Wildman–Crippen LogP) is 4.94. The van der Waals surface area contributed by atoms with Gasteiger partial charge in [-0.05, 0) is 62.2 Å². The van der Waals surface area contributed by atoms with E-state index in [4.69, 9.17) is 14.3 Å². The number of fused-ring (bicyclic) bond motifs is 4. The lowest BCUT2D eigenvalue weighted by molar-refractivity contribution is -0.213. The zero-order valence-electron chi connectivity index (χ0n) is 17.1. The van der Waals surface area contributed by atoms with Crippen molar-refractivity contribution in [2.45, 2.75) is 71.0 Å². The zero-order chi connectivity index (χ0) is 18.5. The van der Waals surface area contributed by atoms with Crippen LogP contribution in [-0.4, -0.2) is 32.8 Å². The van der Waals surface area contributed by atoms with Crippen molar-refractivity contribution in [2.75, 3.05) is 21.3 Å². The van der Waals surface area contributed by atoms with Crippen LogP contribution in [0.5, 0.6) is 0 Å². The molecule has 5 atom stereocenters. The van der Waals surface area contributed by atoms with Crippen LogP contribution in [0.3, 0.4) is 0 Å². The molecule has 0 saturated heterocycles. The second kappa shape index (κ2) is 6.63. The fraction of sp³-hybridized carbons (Fsp3) is 0.864. The summed E-state index contributed by atoms with van der Waals surface area (Å²) in [4.78, 5) is 5.19. The van der Waals surface area contributed by atoms with E-state index in [0.29, 0.717) is 0 Å². The molecule has 0 unspecified atom stereocenters. The highest BCUT2D eigenvalue weighted by atomic mass is 16.7. The minimum Gasteiger partial charge on any atom is -0.399 e. The molecule has 4 aliphatic carbocycles. The summed E-state index contributed by atoms with van der Waals surface area (Å²) in [6.07, 6.45) is 9.28. The van der Waals surface area contributed by atoms with E-state index in [9.17, 15) is 0 Å². The topological polar surface area (TPSA) is 40.0 Å². The smallest absolute Gasteiger partial charge is 0.171 e. The first-order valence-corrected chi connectivity index (χ1v) is 10.4. The second-order valence-corrected chi connectivity index (χ2v) is 9.31. The maximum atomic E-state index is 5.79. The summed E-state index contributed by atoms with van der Waals surface area (Å²) in [5, 5.41) is 4.44. The molecule has 4 aliphatic rings. The number of hydrogen-bond donors (Lipinski definition) is 0. The molecule has 4 heteroatoms. The minimum atomic E-state index is -0.389. The number of methoxy groups -OCH3 is 2. The average molecular weight is 362 g/mol. The maximum Gasteiger partial charge on any atom is 0.171 e. The maximum absolute atomic E-state index is 5.79. The van der Waals surface area contributed by atoms with Crippen molar-refractivity contribution in [1.29, 1.82) is 0 Å². The van der Waals surface area contributed by atoms with Gasteiger partial charge in [0, 0.05) is 32.5 Å². The van der Waals surface area contributed by atoms with Gasteiger partial charge < -0.3 is 14.3 Å². The fourth-order valence-corrected chi connectivity index (χ4v) is 7.08. The highest BCUT2D eigenvalue weighted by molar-refractivity contribution is 5.92. The van der Waals surface area contributed by atoms with Crippen LogP contribution in [0.1, 0.15) is 65.2 Å². The van der Waals surface area contributed by atoms with Gasteiger partial charge in [0.1, 0.15) is 7.11 Å². The van der Waals surface area contributed by atoms with Crippen molar-refractivity contribution in [2.24, 2.45) is 34.2 Å². The number of rotatable bonds is 3. The first-order chi connectivity index (χ1) is 12.5. The fourth-order valence-electron chi connectivity index (χ4n) is 7.08. The van der Waals surface area contributed by atoms with Gasteiger partial charge in [-0.2, -0.15) is 0 Å². The molecule has 0 aromatic heterocycles. The lowest BCUT2D eigenvalue weighted by atomic mass is 9.51. The molecule has 4 nitrogen and oxygen atoms in total. The second-order valence-electron chi connectivity index (χ2n) is 9.31. The quantitative estimate of drug-likeness (QED) is 0.406. The number of nitrogens with zero attached hydrogens (tertiary/aromatic N) is 1. The molecule has 0 bridgehead atoms. The van der Waals surface area contributed by atoms with Gasteiger partial charge in [0.05, 0.1) is 5.71 Å². The molecular formula is C22H35NO3. The molecule has 0 aromatic carbocycles. The summed E-state index contributed by atoms with van der Waals surface area (Å²) < 4.78 is 11.6. The number of allylic oxidation sites excluding steroid dienone is 1. The molecule has 0 aliphatic heterocycles. The first kappa shape index (κ1) is 18.5. The SMILES string of the molecule is CO/N=C1\CC[C@H]2[C@@H]3[C@H](C)CC4=C(CCC(OC)(OC)C4)[C@H]3CC[C@]12C. The third-order valence-electron chi connectivity index (χ3n) is 8.40. The van der Waals surface area contributed by atoms with E-state index >= 15 is 0 Å². The molecule has 2 saturated carbocycles. The Morgan fingerprint density at radius 2 is 1.81 bits per heavy atom. The highest BCUT2D eigenvalue weighted by Gasteiger charge is 2.56. The molecule has 0 radical (unpaired) electrons. The Morgan fingerprint density at radius 3 is 2.50 bits per heavy atom. The van der Waals surface area contributed by atoms with E-state index in [1.54, 1.807) is 32.5 Å². The third-order valence-corrected chi connectivity index (χ3v) is 8.40. The third kappa shape index (κ3) is 2.59. The summed E-state index contributed by atoms with van der Waals surface area (Å²) >= 11 is 0. The normalized spacial score (nSPS) is 43.0.